The number of carbonyl (C=O) groups is 1. The number of allylic oxidation sites excluding steroid dienone is 4. The summed E-state index contributed by atoms with van der Waals surface area (Å²) >= 11 is 0. The summed E-state index contributed by atoms with van der Waals surface area (Å²) in [6.07, 6.45) is 12.0. The Morgan fingerprint density at radius 2 is 1.94 bits per heavy atom. The summed E-state index contributed by atoms with van der Waals surface area (Å²) in [6.45, 7) is 13.1. The molecule has 5 nitrogen and oxygen atoms in total. The quantitative estimate of drug-likeness (QED) is 0.166. The molecule has 1 unspecified atom stereocenters. The average Bonchev–Trinajstić information content (AvgIpc) is 3.18. The Morgan fingerprint density at radius 1 is 1.22 bits per heavy atom. The van der Waals surface area contributed by atoms with Crippen LogP contribution in [0.3, 0.4) is 0 Å². The lowest BCUT2D eigenvalue weighted by Crippen LogP contribution is -2.38. The molecule has 0 aromatic heterocycles. The van der Waals surface area contributed by atoms with Gasteiger partial charge in [0.1, 0.15) is 5.76 Å². The maximum absolute atomic E-state index is 13.2. The largest absolute Gasteiger partial charge is 0.494 e. The minimum atomic E-state index is -0.361. The number of carbonyl (C=O) groups excluding carboxylic acids is 1. The summed E-state index contributed by atoms with van der Waals surface area (Å²) in [5.74, 6) is 0.573. The predicted octanol–water partition coefficient (Wildman–Crippen LogP) is 4.75. The van der Waals surface area contributed by atoms with E-state index in [0.29, 0.717) is 25.3 Å². The molecule has 0 aromatic carbocycles. The summed E-state index contributed by atoms with van der Waals surface area (Å²) in [5, 5.41) is 13.5. The number of nitrogens with one attached hydrogen (secondary N) is 1. The average molecular weight is 444 g/mol. The van der Waals surface area contributed by atoms with Gasteiger partial charge in [-0.25, -0.2) is 0 Å². The van der Waals surface area contributed by atoms with Crippen molar-refractivity contribution < 1.29 is 14.6 Å². The first kappa shape index (κ1) is 28.3. The number of hydrogen-bond donors (Lipinski definition) is 2. The first-order valence-corrected chi connectivity index (χ1v) is 12.4. The number of amides is 1. The zero-order chi connectivity index (χ0) is 23.9. The monoisotopic (exact) mass is 444 g/mol. The number of rotatable bonds is 15. The molecule has 1 amide bonds. The van der Waals surface area contributed by atoms with Gasteiger partial charge in [0.15, 0.2) is 0 Å². The lowest BCUT2D eigenvalue weighted by Gasteiger charge is -2.28. The van der Waals surface area contributed by atoms with Crippen molar-refractivity contribution in [2.24, 2.45) is 11.8 Å². The van der Waals surface area contributed by atoms with Gasteiger partial charge in [0.25, 0.3) is 0 Å². The normalized spacial score (nSPS) is 18.9. The highest BCUT2D eigenvalue weighted by Crippen LogP contribution is 2.28. The SMILES string of the molecule is [B]C1CCN(C(=O)[C@@H](/C(=C/C(=C/CC)OCCCCCN/C(C)=C/CC)CO)C(C)C)C1. The van der Waals surface area contributed by atoms with Crippen LogP contribution in [0.4, 0.5) is 0 Å². The van der Waals surface area contributed by atoms with E-state index < -0.39 is 0 Å². The van der Waals surface area contributed by atoms with Crippen molar-refractivity contribution in [3.63, 3.8) is 0 Å². The molecule has 1 aliphatic heterocycles. The molecular weight excluding hydrogens is 399 g/mol. The number of ether oxygens (including phenoxy) is 1. The smallest absolute Gasteiger partial charge is 0.230 e. The molecular formula is C26H45BN2O3. The van der Waals surface area contributed by atoms with Crippen LogP contribution in [0.5, 0.6) is 0 Å². The van der Waals surface area contributed by atoms with E-state index in [9.17, 15) is 9.90 Å². The molecule has 1 heterocycles. The van der Waals surface area contributed by atoms with E-state index in [4.69, 9.17) is 12.6 Å². The van der Waals surface area contributed by atoms with E-state index in [1.807, 2.05) is 30.9 Å². The predicted molar refractivity (Wildman–Crippen MR) is 134 cm³/mol. The first-order chi connectivity index (χ1) is 15.3. The summed E-state index contributed by atoms with van der Waals surface area (Å²) < 4.78 is 6.03. The molecule has 0 aliphatic carbocycles. The van der Waals surface area contributed by atoms with E-state index in [1.165, 1.54) is 5.70 Å². The van der Waals surface area contributed by atoms with Gasteiger partial charge in [-0.3, -0.25) is 4.79 Å². The van der Waals surface area contributed by atoms with Crippen LogP contribution in [0.2, 0.25) is 5.82 Å². The lowest BCUT2D eigenvalue weighted by atomic mass is 9.85. The van der Waals surface area contributed by atoms with E-state index >= 15 is 0 Å². The molecule has 0 bridgehead atoms. The highest BCUT2D eigenvalue weighted by Gasteiger charge is 2.33. The number of aliphatic hydroxyl groups excluding tert-OH is 1. The van der Waals surface area contributed by atoms with Gasteiger partial charge >= 0.3 is 0 Å². The van der Waals surface area contributed by atoms with Crippen LogP contribution >= 0.6 is 0 Å². The second-order valence-corrected chi connectivity index (χ2v) is 9.08. The Hall–Kier alpha value is -1.69. The van der Waals surface area contributed by atoms with Crippen molar-refractivity contribution in [1.29, 1.82) is 0 Å². The van der Waals surface area contributed by atoms with E-state index in [2.05, 4.69) is 32.2 Å². The highest BCUT2D eigenvalue weighted by molar-refractivity contribution is 6.12. The number of hydrogen-bond acceptors (Lipinski definition) is 4. The van der Waals surface area contributed by atoms with Gasteiger partial charge in [0.05, 0.1) is 27.0 Å². The first-order valence-electron chi connectivity index (χ1n) is 12.4. The third-order valence-corrected chi connectivity index (χ3v) is 5.79. The number of nitrogens with zero attached hydrogens (tertiary/aromatic N) is 1. The topological polar surface area (TPSA) is 61.8 Å². The molecule has 1 rings (SSSR count). The third-order valence-electron chi connectivity index (χ3n) is 5.79. The molecule has 2 atom stereocenters. The summed E-state index contributed by atoms with van der Waals surface area (Å²) in [4.78, 5) is 15.0. The molecule has 32 heavy (non-hydrogen) atoms. The van der Waals surface area contributed by atoms with E-state index in [-0.39, 0.29) is 30.2 Å². The van der Waals surface area contributed by atoms with Crippen molar-refractivity contribution >= 4 is 13.8 Å². The molecule has 0 aromatic rings. The fourth-order valence-electron chi connectivity index (χ4n) is 4.09. The molecule has 1 fully saturated rings. The van der Waals surface area contributed by atoms with Crippen molar-refractivity contribution in [3.05, 3.63) is 35.3 Å². The summed E-state index contributed by atoms with van der Waals surface area (Å²) in [6, 6.07) is 0. The number of aliphatic hydroxyl groups is 1. The third kappa shape index (κ3) is 10.3. The highest BCUT2D eigenvalue weighted by atomic mass is 16.5. The van der Waals surface area contributed by atoms with Crippen LogP contribution in [0.25, 0.3) is 0 Å². The summed E-state index contributed by atoms with van der Waals surface area (Å²) in [5.41, 5.74) is 1.95. The van der Waals surface area contributed by atoms with Gasteiger partial charge in [0, 0.05) is 25.3 Å². The van der Waals surface area contributed by atoms with Gasteiger partial charge < -0.3 is 20.1 Å². The molecule has 1 saturated heterocycles. The van der Waals surface area contributed by atoms with Gasteiger partial charge in [-0.2, -0.15) is 0 Å². The maximum Gasteiger partial charge on any atom is 0.230 e. The van der Waals surface area contributed by atoms with Crippen LogP contribution in [-0.2, 0) is 9.53 Å². The second-order valence-electron chi connectivity index (χ2n) is 9.08. The molecule has 6 heteroatoms. The van der Waals surface area contributed by atoms with Crippen LogP contribution in [-0.4, -0.2) is 56.6 Å². The Labute approximate surface area is 197 Å². The molecule has 1 aliphatic rings. The number of unbranched alkanes of at least 4 members (excludes halogenated alkanes) is 2. The Morgan fingerprint density at radius 3 is 2.50 bits per heavy atom. The fraction of sp³-hybridized carbons (Fsp3) is 0.731. The number of likely N-dealkylation sites (tertiary alicyclic amines) is 1. The molecule has 2 N–H and O–H groups in total. The molecule has 0 saturated carbocycles. The minimum absolute atomic E-state index is 0.0500. The maximum atomic E-state index is 13.2. The van der Waals surface area contributed by atoms with Crippen LogP contribution in [0.1, 0.15) is 73.1 Å². The van der Waals surface area contributed by atoms with Crippen molar-refractivity contribution in [3.8, 4) is 0 Å². The minimum Gasteiger partial charge on any atom is -0.494 e. The van der Waals surface area contributed by atoms with E-state index in [1.54, 1.807) is 0 Å². The van der Waals surface area contributed by atoms with Crippen LogP contribution < -0.4 is 5.32 Å². The lowest BCUT2D eigenvalue weighted by molar-refractivity contribution is -0.134. The standard InChI is InChI=1S/C26H45BN2O3/c1-6-11-21(5)28-14-9-8-10-16-32-24(12-7-2)17-22(19-30)25(20(3)4)26(31)29-15-13-23(27)18-29/h11-12,17,20,23,25,28,30H,6-10,13-16,18-19H2,1-5H3/b21-11+,22-17+,24-12-/t23?,25-/m1/s1. The Balaban J connectivity index is 2.66. The van der Waals surface area contributed by atoms with Gasteiger partial charge in [-0.1, -0.05) is 39.6 Å². The van der Waals surface area contributed by atoms with E-state index in [0.717, 1.165) is 50.8 Å². The van der Waals surface area contributed by atoms with Gasteiger partial charge in [-0.05, 0) is 69.1 Å². The van der Waals surface area contributed by atoms with Crippen molar-refractivity contribution in [2.45, 2.75) is 79.0 Å². The Kier molecular flexibility index (Phi) is 14.2. The summed E-state index contributed by atoms with van der Waals surface area (Å²) in [7, 11) is 6.00. The zero-order valence-electron chi connectivity index (χ0n) is 21.0. The second kappa shape index (κ2) is 16.0. The van der Waals surface area contributed by atoms with Gasteiger partial charge in [0.2, 0.25) is 5.91 Å². The fourth-order valence-corrected chi connectivity index (χ4v) is 4.09. The van der Waals surface area contributed by atoms with Crippen LogP contribution in [0, 0.1) is 11.8 Å². The zero-order valence-corrected chi connectivity index (χ0v) is 21.0. The Bertz CT molecular complexity index is 643. The van der Waals surface area contributed by atoms with Crippen LogP contribution in [0.15, 0.2) is 35.3 Å². The molecule has 2 radical (unpaired) electrons. The van der Waals surface area contributed by atoms with Gasteiger partial charge in [-0.15, -0.1) is 0 Å². The molecule has 180 valence electrons. The molecule has 0 spiro atoms. The van der Waals surface area contributed by atoms with Crippen molar-refractivity contribution in [2.75, 3.05) is 32.8 Å². The van der Waals surface area contributed by atoms with Crippen molar-refractivity contribution in [1.82, 2.24) is 10.2 Å².